The van der Waals surface area contributed by atoms with Crippen LogP contribution in [0.1, 0.15) is 58.9 Å². The van der Waals surface area contributed by atoms with E-state index in [0.717, 1.165) is 16.9 Å². The van der Waals surface area contributed by atoms with Crippen LogP contribution in [-0.4, -0.2) is 56.4 Å². The lowest BCUT2D eigenvalue weighted by molar-refractivity contribution is -0.118. The third-order valence-corrected chi connectivity index (χ3v) is 5.89. The van der Waals surface area contributed by atoms with Crippen LogP contribution in [0.4, 0.5) is 5.00 Å². The number of Topliss-reactive ketones (excluding diaryl/α,β-unsaturated/α-hetero) is 1. The Bertz CT molecular complexity index is 989. The zero-order valence-electron chi connectivity index (χ0n) is 19.8. The molecule has 0 saturated heterocycles. The molecule has 32 heavy (non-hydrogen) atoms. The van der Waals surface area contributed by atoms with Crippen molar-refractivity contribution < 1.29 is 23.9 Å². The number of likely N-dealkylation sites (N-methyl/N-ethyl adjacent to an activating group) is 1. The van der Waals surface area contributed by atoms with E-state index in [0.29, 0.717) is 21.2 Å². The van der Waals surface area contributed by atoms with Gasteiger partial charge in [-0.05, 0) is 50.6 Å². The van der Waals surface area contributed by atoms with Crippen molar-refractivity contribution in [1.29, 1.82) is 0 Å². The number of hydrogen-bond acceptors (Lipinski definition) is 7. The summed E-state index contributed by atoms with van der Waals surface area (Å²) in [5, 5.41) is 3.03. The van der Waals surface area contributed by atoms with Crippen molar-refractivity contribution in [2.24, 2.45) is 0 Å². The highest BCUT2D eigenvalue weighted by Crippen LogP contribution is 2.35. The van der Waals surface area contributed by atoms with Gasteiger partial charge in [-0.25, -0.2) is 4.79 Å². The summed E-state index contributed by atoms with van der Waals surface area (Å²) in [5.41, 5.74) is 1.57. The summed E-state index contributed by atoms with van der Waals surface area (Å²) >= 11 is 1.08. The molecular formula is C24H32N2O5S. The fraction of sp³-hybridized carbons (Fsp3) is 0.458. The summed E-state index contributed by atoms with van der Waals surface area (Å²) in [6.07, 6.45) is 0. The van der Waals surface area contributed by atoms with E-state index in [-0.39, 0.29) is 36.5 Å². The highest BCUT2D eigenvalue weighted by molar-refractivity contribution is 7.18. The number of para-hydroxylation sites is 1. The maximum Gasteiger partial charge on any atom is 0.341 e. The Hall–Kier alpha value is -2.71. The van der Waals surface area contributed by atoms with Gasteiger partial charge in [-0.15, -0.1) is 11.3 Å². The molecule has 2 rings (SSSR count). The molecule has 8 heteroatoms. The third-order valence-electron chi connectivity index (χ3n) is 4.65. The highest BCUT2D eigenvalue weighted by atomic mass is 32.1. The number of ether oxygens (including phenoxy) is 2. The molecule has 1 heterocycles. The van der Waals surface area contributed by atoms with Crippen LogP contribution in [0.15, 0.2) is 24.3 Å². The summed E-state index contributed by atoms with van der Waals surface area (Å²) < 4.78 is 10.9. The lowest BCUT2D eigenvalue weighted by Crippen LogP contribution is -2.22. The van der Waals surface area contributed by atoms with Gasteiger partial charge < -0.3 is 19.7 Å². The number of ketones is 1. The summed E-state index contributed by atoms with van der Waals surface area (Å²) in [6, 6.07) is 7.58. The lowest BCUT2D eigenvalue weighted by atomic mass is 9.86. The van der Waals surface area contributed by atoms with Crippen molar-refractivity contribution in [3.8, 4) is 5.75 Å². The fourth-order valence-corrected chi connectivity index (χ4v) is 4.33. The first kappa shape index (κ1) is 25.5. The topological polar surface area (TPSA) is 84.9 Å². The number of carbonyl (C=O) groups is 3. The zero-order valence-corrected chi connectivity index (χ0v) is 20.6. The maximum atomic E-state index is 12.7. The highest BCUT2D eigenvalue weighted by Gasteiger charge is 2.27. The smallest absolute Gasteiger partial charge is 0.341 e. The van der Waals surface area contributed by atoms with Gasteiger partial charge in [-0.2, -0.15) is 0 Å². The van der Waals surface area contributed by atoms with Crippen molar-refractivity contribution in [1.82, 2.24) is 4.90 Å². The number of esters is 1. The molecule has 0 aliphatic carbocycles. The van der Waals surface area contributed by atoms with Crippen molar-refractivity contribution in [3.63, 3.8) is 0 Å². The Morgan fingerprint density at radius 1 is 1.12 bits per heavy atom. The number of nitrogens with one attached hydrogen (secondary N) is 1. The Kier molecular flexibility index (Phi) is 8.58. The minimum atomic E-state index is -0.570. The number of benzene rings is 1. The normalized spacial score (nSPS) is 11.4. The number of nitrogens with zero attached hydrogens (tertiary/aromatic N) is 1. The standard InChI is InChI=1S/C24H32N2O5S/c1-8-30-23(29)20-15(2)21(17(27)13-26(6)7)32-22(20)25-19(28)14-31-18-12-10-9-11-16(18)24(3,4)5/h9-12H,8,13-14H2,1-7H3,(H,25,28). The molecule has 1 N–H and O–H groups in total. The molecule has 0 aliphatic heterocycles. The van der Waals surface area contributed by atoms with Gasteiger partial charge in [-0.3, -0.25) is 9.59 Å². The molecule has 0 spiro atoms. The zero-order chi connectivity index (χ0) is 24.1. The minimum absolute atomic E-state index is 0.126. The number of carbonyl (C=O) groups excluding carboxylic acids is 3. The van der Waals surface area contributed by atoms with Gasteiger partial charge in [0, 0.05) is 0 Å². The molecule has 0 radical (unpaired) electrons. The van der Waals surface area contributed by atoms with Gasteiger partial charge in [0.15, 0.2) is 12.4 Å². The van der Waals surface area contributed by atoms with Gasteiger partial charge in [-0.1, -0.05) is 39.0 Å². The average molecular weight is 461 g/mol. The summed E-state index contributed by atoms with van der Waals surface area (Å²) in [5.74, 6) is -0.490. The van der Waals surface area contributed by atoms with E-state index in [2.05, 4.69) is 26.1 Å². The molecule has 0 bridgehead atoms. The maximum absolute atomic E-state index is 12.7. The second-order valence-corrected chi connectivity index (χ2v) is 9.75. The molecule has 1 aromatic carbocycles. The molecule has 0 unspecified atom stereocenters. The van der Waals surface area contributed by atoms with E-state index >= 15 is 0 Å². The molecule has 0 atom stereocenters. The molecule has 1 aromatic heterocycles. The van der Waals surface area contributed by atoms with E-state index in [4.69, 9.17) is 9.47 Å². The van der Waals surface area contributed by atoms with Gasteiger partial charge in [0.1, 0.15) is 10.8 Å². The largest absolute Gasteiger partial charge is 0.483 e. The van der Waals surface area contributed by atoms with Crippen LogP contribution in [0.5, 0.6) is 5.75 Å². The van der Waals surface area contributed by atoms with Crippen LogP contribution in [0.2, 0.25) is 0 Å². The van der Waals surface area contributed by atoms with Gasteiger partial charge in [0.25, 0.3) is 5.91 Å². The monoisotopic (exact) mass is 460 g/mol. The van der Waals surface area contributed by atoms with Crippen LogP contribution in [0, 0.1) is 6.92 Å². The number of amides is 1. The van der Waals surface area contributed by atoms with E-state index in [1.165, 1.54) is 0 Å². The van der Waals surface area contributed by atoms with Crippen LogP contribution in [0.3, 0.4) is 0 Å². The van der Waals surface area contributed by atoms with E-state index in [1.807, 2.05) is 24.3 Å². The number of thiophene rings is 1. The van der Waals surface area contributed by atoms with Crippen LogP contribution in [0.25, 0.3) is 0 Å². The molecule has 7 nitrogen and oxygen atoms in total. The van der Waals surface area contributed by atoms with Gasteiger partial charge in [0.05, 0.1) is 23.6 Å². The number of rotatable bonds is 9. The molecule has 0 saturated carbocycles. The van der Waals surface area contributed by atoms with E-state index in [9.17, 15) is 14.4 Å². The Balaban J connectivity index is 2.25. The van der Waals surface area contributed by atoms with Crippen LogP contribution in [-0.2, 0) is 14.9 Å². The fourth-order valence-electron chi connectivity index (χ4n) is 3.19. The first-order valence-electron chi connectivity index (χ1n) is 10.5. The lowest BCUT2D eigenvalue weighted by Gasteiger charge is -2.22. The number of anilines is 1. The van der Waals surface area contributed by atoms with Gasteiger partial charge in [0.2, 0.25) is 0 Å². The molecular weight excluding hydrogens is 428 g/mol. The second-order valence-electron chi connectivity index (χ2n) is 8.72. The summed E-state index contributed by atoms with van der Waals surface area (Å²) in [4.78, 5) is 40.0. The van der Waals surface area contributed by atoms with Crippen molar-refractivity contribution in [3.05, 3.63) is 45.8 Å². The number of hydrogen-bond donors (Lipinski definition) is 1. The third kappa shape index (κ3) is 6.40. The predicted octanol–water partition coefficient (Wildman–Crippen LogP) is 4.29. The predicted molar refractivity (Wildman–Crippen MR) is 127 cm³/mol. The molecule has 2 aromatic rings. The van der Waals surface area contributed by atoms with Crippen molar-refractivity contribution in [2.75, 3.05) is 39.2 Å². The van der Waals surface area contributed by atoms with Crippen LogP contribution >= 0.6 is 11.3 Å². The first-order chi connectivity index (χ1) is 15.0. The Morgan fingerprint density at radius 2 is 1.78 bits per heavy atom. The van der Waals surface area contributed by atoms with Crippen molar-refractivity contribution in [2.45, 2.75) is 40.0 Å². The van der Waals surface area contributed by atoms with Crippen LogP contribution < -0.4 is 10.1 Å². The Morgan fingerprint density at radius 3 is 2.38 bits per heavy atom. The second kappa shape index (κ2) is 10.7. The van der Waals surface area contributed by atoms with Gasteiger partial charge >= 0.3 is 5.97 Å². The van der Waals surface area contributed by atoms with Crippen molar-refractivity contribution >= 4 is 34.0 Å². The molecule has 0 aliphatic rings. The summed E-state index contributed by atoms with van der Waals surface area (Å²) in [6.45, 7) is 9.77. The molecule has 1 amide bonds. The van der Waals surface area contributed by atoms with E-state index in [1.54, 1.807) is 32.8 Å². The SMILES string of the molecule is CCOC(=O)c1c(NC(=O)COc2ccccc2C(C)(C)C)sc(C(=O)CN(C)C)c1C. The minimum Gasteiger partial charge on any atom is -0.483 e. The Labute approximate surface area is 193 Å². The average Bonchev–Trinajstić information content (AvgIpc) is 3.01. The quantitative estimate of drug-likeness (QED) is 0.444. The summed E-state index contributed by atoms with van der Waals surface area (Å²) in [7, 11) is 3.59. The molecule has 174 valence electrons. The first-order valence-corrected chi connectivity index (χ1v) is 11.3. The molecule has 0 fully saturated rings. The van der Waals surface area contributed by atoms with E-state index < -0.39 is 11.9 Å².